The van der Waals surface area contributed by atoms with Gasteiger partial charge in [0.15, 0.2) is 11.6 Å². The fourth-order valence-electron chi connectivity index (χ4n) is 1.49. The summed E-state index contributed by atoms with van der Waals surface area (Å²) in [6.07, 6.45) is 3.34. The summed E-state index contributed by atoms with van der Waals surface area (Å²) in [6, 6.07) is 4.32. The second-order valence-electron chi connectivity index (χ2n) is 3.86. The van der Waals surface area contributed by atoms with Crippen molar-refractivity contribution in [3.05, 3.63) is 57.8 Å². The lowest BCUT2D eigenvalue weighted by Crippen LogP contribution is -2.00. The molecule has 0 aliphatic carbocycles. The number of nitrogens with zero attached hydrogens (tertiary/aromatic N) is 1. The van der Waals surface area contributed by atoms with E-state index in [-0.39, 0.29) is 12.4 Å². The zero-order chi connectivity index (χ0) is 13.1. The fraction of sp³-hybridized carbons (Fsp3) is 0.154. The molecular weight excluding hydrogens is 304 g/mol. The van der Waals surface area contributed by atoms with Crippen molar-refractivity contribution in [3.63, 3.8) is 0 Å². The summed E-state index contributed by atoms with van der Waals surface area (Å²) in [6.45, 7) is 2.04. The molecule has 0 fully saturated rings. The monoisotopic (exact) mass is 313 g/mol. The van der Waals surface area contributed by atoms with E-state index in [2.05, 4.69) is 20.9 Å². The van der Waals surface area contributed by atoms with Gasteiger partial charge in [-0.1, -0.05) is 15.9 Å². The highest BCUT2D eigenvalue weighted by atomic mass is 79.9. The minimum absolute atomic E-state index is 0.122. The Morgan fingerprint density at radius 1 is 1.22 bits per heavy atom. The largest absolute Gasteiger partial charge is 0.486 e. The van der Waals surface area contributed by atoms with Gasteiger partial charge in [0.25, 0.3) is 0 Å². The number of ether oxygens (including phenoxy) is 1. The first-order chi connectivity index (χ1) is 8.56. The van der Waals surface area contributed by atoms with Gasteiger partial charge in [-0.15, -0.1) is 0 Å². The van der Waals surface area contributed by atoms with Crippen LogP contribution in [0, 0.1) is 18.6 Å². The summed E-state index contributed by atoms with van der Waals surface area (Å²) < 4.78 is 32.2. The lowest BCUT2D eigenvalue weighted by Gasteiger charge is -2.08. The van der Waals surface area contributed by atoms with Crippen molar-refractivity contribution in [2.45, 2.75) is 13.5 Å². The molecular formula is C13H10BrF2NO. The maximum Gasteiger partial charge on any atom is 0.200 e. The Kier molecular flexibility index (Phi) is 3.91. The fourth-order valence-corrected chi connectivity index (χ4v) is 1.90. The molecule has 0 aliphatic rings. The van der Waals surface area contributed by atoms with Crippen molar-refractivity contribution in [2.75, 3.05) is 0 Å². The van der Waals surface area contributed by atoms with Gasteiger partial charge in [0.1, 0.15) is 6.61 Å². The third-order valence-electron chi connectivity index (χ3n) is 2.29. The van der Waals surface area contributed by atoms with Gasteiger partial charge in [-0.2, -0.15) is 4.39 Å². The summed E-state index contributed by atoms with van der Waals surface area (Å²) in [5.41, 5.74) is 1.78. The number of hydrogen-bond acceptors (Lipinski definition) is 2. The highest BCUT2D eigenvalue weighted by molar-refractivity contribution is 9.10. The van der Waals surface area contributed by atoms with Gasteiger partial charge in [0.2, 0.25) is 5.82 Å². The molecule has 0 radical (unpaired) electrons. The third-order valence-corrected chi connectivity index (χ3v) is 2.74. The zero-order valence-corrected chi connectivity index (χ0v) is 11.2. The van der Waals surface area contributed by atoms with E-state index in [9.17, 15) is 8.78 Å². The quantitative estimate of drug-likeness (QED) is 0.799. The molecule has 2 aromatic rings. The van der Waals surface area contributed by atoms with E-state index < -0.39 is 11.6 Å². The van der Waals surface area contributed by atoms with Crippen LogP contribution in [0.2, 0.25) is 0 Å². The average molecular weight is 314 g/mol. The lowest BCUT2D eigenvalue weighted by atomic mass is 10.2. The van der Waals surface area contributed by atoms with Crippen LogP contribution in [0.1, 0.15) is 11.1 Å². The average Bonchev–Trinajstić information content (AvgIpc) is 2.32. The van der Waals surface area contributed by atoms with Crippen molar-refractivity contribution in [3.8, 4) is 5.75 Å². The number of pyridine rings is 1. The van der Waals surface area contributed by atoms with E-state index >= 15 is 0 Å². The number of hydrogen-bond donors (Lipinski definition) is 0. The number of halogens is 3. The maximum absolute atomic E-state index is 13.4. The van der Waals surface area contributed by atoms with Gasteiger partial charge in [0, 0.05) is 22.4 Å². The maximum atomic E-state index is 13.4. The smallest absolute Gasteiger partial charge is 0.200 e. The molecule has 0 saturated carbocycles. The van der Waals surface area contributed by atoms with Crippen LogP contribution in [0.3, 0.4) is 0 Å². The van der Waals surface area contributed by atoms with E-state index in [1.165, 1.54) is 6.07 Å². The second kappa shape index (κ2) is 5.44. The van der Waals surface area contributed by atoms with E-state index in [1.54, 1.807) is 12.4 Å². The van der Waals surface area contributed by atoms with Crippen molar-refractivity contribution < 1.29 is 13.5 Å². The van der Waals surface area contributed by atoms with E-state index in [4.69, 9.17) is 4.74 Å². The molecule has 18 heavy (non-hydrogen) atoms. The molecule has 1 aromatic carbocycles. The topological polar surface area (TPSA) is 22.1 Å². The molecule has 0 spiro atoms. The van der Waals surface area contributed by atoms with Crippen LogP contribution >= 0.6 is 15.9 Å². The minimum atomic E-state index is -0.987. The van der Waals surface area contributed by atoms with E-state index in [1.807, 2.05) is 13.0 Å². The second-order valence-corrected chi connectivity index (χ2v) is 4.77. The van der Waals surface area contributed by atoms with Crippen molar-refractivity contribution >= 4 is 15.9 Å². The molecule has 5 heteroatoms. The number of rotatable bonds is 3. The van der Waals surface area contributed by atoms with Gasteiger partial charge >= 0.3 is 0 Å². The molecule has 2 nitrogen and oxygen atoms in total. The van der Waals surface area contributed by atoms with Crippen LogP contribution in [-0.4, -0.2) is 4.98 Å². The lowest BCUT2D eigenvalue weighted by molar-refractivity contribution is 0.284. The summed E-state index contributed by atoms with van der Waals surface area (Å²) in [5.74, 6) is -2.05. The molecule has 1 heterocycles. The SMILES string of the molecule is Cc1cncc(COc2cc(Br)cc(F)c2F)c1. The number of aromatic nitrogens is 1. The highest BCUT2D eigenvalue weighted by Crippen LogP contribution is 2.26. The Morgan fingerprint density at radius 3 is 2.72 bits per heavy atom. The van der Waals surface area contributed by atoms with Gasteiger partial charge in [-0.3, -0.25) is 4.98 Å². The minimum Gasteiger partial charge on any atom is -0.486 e. The van der Waals surface area contributed by atoms with Gasteiger partial charge < -0.3 is 4.74 Å². The molecule has 0 saturated heterocycles. The van der Waals surface area contributed by atoms with Crippen LogP contribution in [-0.2, 0) is 6.61 Å². The summed E-state index contributed by atoms with van der Waals surface area (Å²) in [4.78, 5) is 4.00. The Balaban J connectivity index is 2.15. The van der Waals surface area contributed by atoms with E-state index in [0.29, 0.717) is 4.47 Å². The van der Waals surface area contributed by atoms with Gasteiger partial charge in [-0.05, 0) is 30.7 Å². The highest BCUT2D eigenvalue weighted by Gasteiger charge is 2.11. The summed E-state index contributed by atoms with van der Waals surface area (Å²) >= 11 is 3.09. The van der Waals surface area contributed by atoms with Crippen LogP contribution in [0.5, 0.6) is 5.75 Å². The molecule has 1 aromatic heterocycles. The van der Waals surface area contributed by atoms with Crippen LogP contribution in [0.4, 0.5) is 8.78 Å². The molecule has 0 unspecified atom stereocenters. The molecule has 0 aliphatic heterocycles. The summed E-state index contributed by atoms with van der Waals surface area (Å²) in [7, 11) is 0. The predicted molar refractivity (Wildman–Crippen MR) is 67.4 cm³/mol. The Labute approximate surface area is 112 Å². The number of benzene rings is 1. The molecule has 0 N–H and O–H groups in total. The van der Waals surface area contributed by atoms with Crippen molar-refractivity contribution in [2.24, 2.45) is 0 Å². The summed E-state index contributed by atoms with van der Waals surface area (Å²) in [5, 5.41) is 0. The first kappa shape index (κ1) is 13.0. The van der Waals surface area contributed by atoms with Gasteiger partial charge in [0.05, 0.1) is 0 Å². The Hall–Kier alpha value is -1.49. The van der Waals surface area contributed by atoms with Crippen molar-refractivity contribution in [1.82, 2.24) is 4.98 Å². The predicted octanol–water partition coefficient (Wildman–Crippen LogP) is 4.01. The molecule has 94 valence electrons. The molecule has 0 bridgehead atoms. The van der Waals surface area contributed by atoms with Crippen LogP contribution < -0.4 is 4.74 Å². The van der Waals surface area contributed by atoms with Crippen molar-refractivity contribution in [1.29, 1.82) is 0 Å². The van der Waals surface area contributed by atoms with Gasteiger partial charge in [-0.25, -0.2) is 4.39 Å². The third kappa shape index (κ3) is 3.04. The van der Waals surface area contributed by atoms with Crippen LogP contribution in [0.15, 0.2) is 35.1 Å². The first-order valence-corrected chi connectivity index (χ1v) is 6.03. The molecule has 0 amide bonds. The van der Waals surface area contributed by atoms with E-state index in [0.717, 1.165) is 17.2 Å². The number of aryl methyl sites for hydroxylation is 1. The molecule has 0 atom stereocenters. The van der Waals surface area contributed by atoms with Crippen LogP contribution in [0.25, 0.3) is 0 Å². The zero-order valence-electron chi connectivity index (χ0n) is 9.58. The Morgan fingerprint density at radius 2 is 2.00 bits per heavy atom. The first-order valence-electron chi connectivity index (χ1n) is 5.24. The standard InChI is InChI=1S/C13H10BrF2NO/c1-8-2-9(6-17-5-8)7-18-12-4-10(14)3-11(15)13(12)16/h2-6H,7H2,1H3. The normalized spacial score (nSPS) is 10.4. The molecule has 2 rings (SSSR count). The Bertz CT molecular complexity index is 575.